The molecule has 1 aromatic rings. The van der Waals surface area contributed by atoms with Crippen molar-refractivity contribution in [3.63, 3.8) is 0 Å². The van der Waals surface area contributed by atoms with Crippen LogP contribution in [0.15, 0.2) is 18.2 Å². The monoisotopic (exact) mass is 233 g/mol. The Bertz CT molecular complexity index is 455. The lowest BCUT2D eigenvalue weighted by Gasteiger charge is -2.37. The molecule has 2 aliphatic heterocycles. The molecule has 90 valence electrons. The maximum absolute atomic E-state index is 13.6. The Balaban J connectivity index is 2.00. The van der Waals surface area contributed by atoms with Gasteiger partial charge in [0.1, 0.15) is 11.6 Å². The highest BCUT2D eigenvalue weighted by Crippen LogP contribution is 2.39. The number of carbonyl (C=O) groups is 1. The Labute approximate surface area is 100 Å². The molecule has 2 atom stereocenters. The van der Waals surface area contributed by atoms with Crippen molar-refractivity contribution in [3.05, 3.63) is 29.6 Å². The third-order valence-corrected chi connectivity index (χ3v) is 4.06. The summed E-state index contributed by atoms with van der Waals surface area (Å²) >= 11 is 0. The van der Waals surface area contributed by atoms with Crippen LogP contribution in [0, 0.1) is 12.7 Å². The normalized spacial score (nSPS) is 27.6. The van der Waals surface area contributed by atoms with E-state index in [1.807, 2.05) is 13.0 Å². The summed E-state index contributed by atoms with van der Waals surface area (Å²) in [4.78, 5) is 13.8. The number of hydrogen-bond acceptors (Lipinski definition) is 2. The van der Waals surface area contributed by atoms with Crippen molar-refractivity contribution in [3.8, 4) is 0 Å². The number of piperidine rings is 1. The molecular formula is C14H16FNO. The number of fused-ring (bicyclic) bond motifs is 2. The van der Waals surface area contributed by atoms with E-state index in [9.17, 15) is 9.18 Å². The molecular weight excluding hydrogens is 217 g/mol. The second kappa shape index (κ2) is 3.83. The van der Waals surface area contributed by atoms with E-state index in [1.165, 1.54) is 6.07 Å². The largest absolute Gasteiger partial charge is 0.364 e. The second-order valence-corrected chi connectivity index (χ2v) is 5.12. The number of carbonyl (C=O) groups excluding carboxylic acids is 1. The summed E-state index contributed by atoms with van der Waals surface area (Å²) in [7, 11) is 0. The summed E-state index contributed by atoms with van der Waals surface area (Å²) in [6.45, 7) is 1.82. The van der Waals surface area contributed by atoms with Crippen molar-refractivity contribution >= 4 is 11.5 Å². The zero-order chi connectivity index (χ0) is 12.0. The molecule has 17 heavy (non-hydrogen) atoms. The van der Waals surface area contributed by atoms with Crippen LogP contribution in [-0.2, 0) is 4.79 Å². The topological polar surface area (TPSA) is 20.3 Å². The number of benzene rings is 1. The van der Waals surface area contributed by atoms with Crippen LogP contribution in [0.25, 0.3) is 0 Å². The summed E-state index contributed by atoms with van der Waals surface area (Å²) in [6.07, 6.45) is 3.39. The highest BCUT2D eigenvalue weighted by Gasteiger charge is 2.40. The smallest absolute Gasteiger partial charge is 0.137 e. The molecule has 1 aromatic carbocycles. The first-order valence-electron chi connectivity index (χ1n) is 6.22. The first-order valence-corrected chi connectivity index (χ1v) is 6.22. The van der Waals surface area contributed by atoms with E-state index in [2.05, 4.69) is 4.90 Å². The standard InChI is InChI=1S/C14H16FNO/c1-9-13(15)3-2-4-14(9)16-10-5-6-11(16)8-12(17)7-10/h2-4,10-11H,5-8H2,1H3. The van der Waals surface area contributed by atoms with E-state index in [4.69, 9.17) is 0 Å². The SMILES string of the molecule is Cc1c(F)cccc1N1C2CCC1CC(=O)C2. The number of ketones is 1. The van der Waals surface area contributed by atoms with Gasteiger partial charge < -0.3 is 4.90 Å². The Kier molecular flexibility index (Phi) is 2.42. The van der Waals surface area contributed by atoms with Crippen LogP contribution < -0.4 is 4.90 Å². The van der Waals surface area contributed by atoms with Gasteiger partial charge in [0.15, 0.2) is 0 Å². The summed E-state index contributed by atoms with van der Waals surface area (Å²) in [6, 6.07) is 5.81. The Hall–Kier alpha value is -1.38. The zero-order valence-corrected chi connectivity index (χ0v) is 9.95. The molecule has 0 N–H and O–H groups in total. The minimum Gasteiger partial charge on any atom is -0.364 e. The predicted octanol–water partition coefficient (Wildman–Crippen LogP) is 2.83. The Morgan fingerprint density at radius 3 is 2.53 bits per heavy atom. The molecule has 0 spiro atoms. The third-order valence-electron chi connectivity index (χ3n) is 4.06. The number of nitrogens with zero attached hydrogens (tertiary/aromatic N) is 1. The summed E-state index contributed by atoms with van der Waals surface area (Å²) in [5.41, 5.74) is 1.68. The number of rotatable bonds is 1. The van der Waals surface area contributed by atoms with Crippen LogP contribution in [0.5, 0.6) is 0 Å². The molecule has 3 rings (SSSR count). The molecule has 0 saturated carbocycles. The molecule has 2 fully saturated rings. The van der Waals surface area contributed by atoms with Gasteiger partial charge in [-0.25, -0.2) is 4.39 Å². The molecule has 2 nitrogen and oxygen atoms in total. The van der Waals surface area contributed by atoms with Gasteiger partial charge in [0.2, 0.25) is 0 Å². The maximum Gasteiger partial charge on any atom is 0.137 e. The first kappa shape index (κ1) is 10.8. The third kappa shape index (κ3) is 1.65. The second-order valence-electron chi connectivity index (χ2n) is 5.12. The molecule has 2 saturated heterocycles. The molecule has 0 amide bonds. The molecule has 2 bridgehead atoms. The zero-order valence-electron chi connectivity index (χ0n) is 9.95. The van der Waals surface area contributed by atoms with E-state index < -0.39 is 0 Å². The first-order chi connectivity index (χ1) is 8.16. The molecule has 0 aromatic heterocycles. The van der Waals surface area contributed by atoms with E-state index >= 15 is 0 Å². The van der Waals surface area contributed by atoms with Crippen molar-refractivity contribution < 1.29 is 9.18 Å². The van der Waals surface area contributed by atoms with Crippen LogP contribution in [0.3, 0.4) is 0 Å². The number of Topliss-reactive ketones (excluding diaryl/α,β-unsaturated/α-hetero) is 1. The fourth-order valence-electron chi connectivity index (χ4n) is 3.24. The molecule has 2 aliphatic rings. The highest BCUT2D eigenvalue weighted by atomic mass is 19.1. The summed E-state index contributed by atoms with van der Waals surface area (Å²) in [5, 5.41) is 0. The fraction of sp³-hybridized carbons (Fsp3) is 0.500. The van der Waals surface area contributed by atoms with Gasteiger partial charge in [-0.15, -0.1) is 0 Å². The van der Waals surface area contributed by atoms with E-state index in [0.717, 1.165) is 18.5 Å². The molecule has 0 radical (unpaired) electrons. The summed E-state index contributed by atoms with van der Waals surface area (Å²) in [5.74, 6) is 0.210. The van der Waals surface area contributed by atoms with E-state index in [0.29, 0.717) is 36.3 Å². The fourth-order valence-corrected chi connectivity index (χ4v) is 3.24. The lowest BCUT2D eigenvalue weighted by molar-refractivity contribution is -0.120. The van der Waals surface area contributed by atoms with Crippen LogP contribution in [0.4, 0.5) is 10.1 Å². The number of halogens is 1. The lowest BCUT2D eigenvalue weighted by Crippen LogP contribution is -2.43. The van der Waals surface area contributed by atoms with Gasteiger partial charge in [-0.05, 0) is 31.9 Å². The van der Waals surface area contributed by atoms with Crippen molar-refractivity contribution in [1.29, 1.82) is 0 Å². The van der Waals surface area contributed by atoms with E-state index in [1.54, 1.807) is 6.07 Å². The van der Waals surface area contributed by atoms with Gasteiger partial charge in [-0.3, -0.25) is 4.79 Å². The average molecular weight is 233 g/mol. The molecule has 0 aliphatic carbocycles. The van der Waals surface area contributed by atoms with Gasteiger partial charge in [0, 0.05) is 36.2 Å². The lowest BCUT2D eigenvalue weighted by atomic mass is 9.99. The van der Waals surface area contributed by atoms with Gasteiger partial charge >= 0.3 is 0 Å². The predicted molar refractivity (Wildman–Crippen MR) is 64.7 cm³/mol. The van der Waals surface area contributed by atoms with Gasteiger partial charge in [-0.2, -0.15) is 0 Å². The number of hydrogen-bond donors (Lipinski definition) is 0. The highest BCUT2D eigenvalue weighted by molar-refractivity contribution is 5.83. The van der Waals surface area contributed by atoms with Gasteiger partial charge in [0.05, 0.1) is 0 Å². The minimum absolute atomic E-state index is 0.154. The van der Waals surface area contributed by atoms with E-state index in [-0.39, 0.29) is 5.82 Å². The number of anilines is 1. The van der Waals surface area contributed by atoms with Gasteiger partial charge in [-0.1, -0.05) is 6.07 Å². The Morgan fingerprint density at radius 2 is 1.88 bits per heavy atom. The van der Waals surface area contributed by atoms with Crippen LogP contribution in [-0.4, -0.2) is 17.9 Å². The maximum atomic E-state index is 13.6. The molecule has 2 unspecified atom stereocenters. The van der Waals surface area contributed by atoms with Gasteiger partial charge in [0.25, 0.3) is 0 Å². The molecule has 2 heterocycles. The molecule has 3 heteroatoms. The van der Waals surface area contributed by atoms with Crippen molar-refractivity contribution in [2.24, 2.45) is 0 Å². The van der Waals surface area contributed by atoms with Crippen molar-refractivity contribution in [2.45, 2.75) is 44.7 Å². The van der Waals surface area contributed by atoms with Crippen LogP contribution in [0.2, 0.25) is 0 Å². The Morgan fingerprint density at radius 1 is 1.24 bits per heavy atom. The summed E-state index contributed by atoms with van der Waals surface area (Å²) < 4.78 is 13.6. The van der Waals surface area contributed by atoms with Crippen LogP contribution in [0.1, 0.15) is 31.2 Å². The average Bonchev–Trinajstić information content (AvgIpc) is 2.55. The van der Waals surface area contributed by atoms with Crippen molar-refractivity contribution in [2.75, 3.05) is 4.90 Å². The quantitative estimate of drug-likeness (QED) is 0.743. The minimum atomic E-state index is -0.154. The van der Waals surface area contributed by atoms with Crippen molar-refractivity contribution in [1.82, 2.24) is 0 Å². The van der Waals surface area contributed by atoms with Crippen LogP contribution >= 0.6 is 0 Å².